The van der Waals surface area contributed by atoms with Crippen molar-refractivity contribution >= 4 is 30.5 Å². The second-order valence-electron chi connectivity index (χ2n) is 6.38. The van der Waals surface area contributed by atoms with Crippen LogP contribution >= 0.6 is 0 Å². The minimum absolute atomic E-state index is 0.0169. The van der Waals surface area contributed by atoms with E-state index >= 15 is 0 Å². The summed E-state index contributed by atoms with van der Waals surface area (Å²) in [6, 6.07) is 2.10. The van der Waals surface area contributed by atoms with E-state index in [-0.39, 0.29) is 36.8 Å². The molecule has 3 atom stereocenters. The molecule has 1 aromatic carbocycles. The van der Waals surface area contributed by atoms with Crippen LogP contribution in [0.1, 0.15) is 12.0 Å². The molecule has 0 bridgehead atoms. The maximum absolute atomic E-state index is 12.2. The Morgan fingerprint density at radius 2 is 2.04 bits per heavy atom. The van der Waals surface area contributed by atoms with E-state index in [4.69, 9.17) is 0 Å². The number of nitrogens with one attached hydrogen (secondary N) is 2. The number of carboxylic acid groups (broad SMARTS) is 1. The molecule has 1 aromatic rings. The fourth-order valence-corrected chi connectivity index (χ4v) is 2.94. The molecule has 11 nitrogen and oxygen atoms in total. The third-order valence-electron chi connectivity index (χ3n) is 4.41. The lowest BCUT2D eigenvalue weighted by Crippen LogP contribution is -2.48. The Balaban J connectivity index is 1.54. The van der Waals surface area contributed by atoms with Gasteiger partial charge in [-0.3, -0.25) is 14.6 Å². The van der Waals surface area contributed by atoms with E-state index in [0.29, 0.717) is 5.56 Å². The summed E-state index contributed by atoms with van der Waals surface area (Å²) >= 11 is 0. The van der Waals surface area contributed by atoms with Crippen LogP contribution in [-0.2, 0) is 20.8 Å². The first kappa shape index (κ1) is 19.1. The van der Waals surface area contributed by atoms with Gasteiger partial charge in [0.2, 0.25) is 5.91 Å². The molecule has 2 amide bonds. The molecule has 28 heavy (non-hydrogen) atoms. The van der Waals surface area contributed by atoms with Crippen LogP contribution in [0.15, 0.2) is 28.2 Å². The van der Waals surface area contributed by atoms with Gasteiger partial charge in [-0.2, -0.15) is 0 Å². The second kappa shape index (κ2) is 7.94. The van der Waals surface area contributed by atoms with E-state index in [0.717, 1.165) is 0 Å². The third-order valence-corrected chi connectivity index (χ3v) is 4.41. The van der Waals surface area contributed by atoms with Crippen LogP contribution in [0.25, 0.3) is 0 Å². The molecule has 0 aromatic heterocycles. The Bertz CT molecular complexity index is 854. The standard InChI is InChI=1S/C17H19N5O6/c23-11-2-1-9(6-12(11)24)5-10(17(27)28)21-13(25)3-4-22-8-20-14-15(22)18-7-19-16(14)26/h1-2,6-8,10,14-15,23-24H,3-5H2,(H,21,25)(H,27,28)(H,18,19,26). The van der Waals surface area contributed by atoms with Crippen molar-refractivity contribution in [1.82, 2.24) is 15.5 Å². The number of hydrogen-bond acceptors (Lipinski definition) is 8. The lowest BCUT2D eigenvalue weighted by molar-refractivity contribution is -0.141. The van der Waals surface area contributed by atoms with Gasteiger partial charge >= 0.3 is 5.97 Å². The number of amides is 2. The van der Waals surface area contributed by atoms with E-state index in [1.165, 1.54) is 30.9 Å². The zero-order valence-corrected chi connectivity index (χ0v) is 14.6. The third kappa shape index (κ3) is 4.19. The van der Waals surface area contributed by atoms with E-state index in [1.54, 1.807) is 4.90 Å². The molecule has 0 aliphatic carbocycles. The molecule has 0 saturated carbocycles. The highest BCUT2D eigenvalue weighted by atomic mass is 16.4. The number of benzene rings is 1. The topological polar surface area (TPSA) is 164 Å². The minimum Gasteiger partial charge on any atom is -0.504 e. The van der Waals surface area contributed by atoms with Gasteiger partial charge in [0.25, 0.3) is 5.91 Å². The maximum atomic E-state index is 12.2. The van der Waals surface area contributed by atoms with E-state index < -0.39 is 30.1 Å². The van der Waals surface area contributed by atoms with Gasteiger partial charge in [0.1, 0.15) is 6.04 Å². The summed E-state index contributed by atoms with van der Waals surface area (Å²) in [5.74, 6) is -2.67. The van der Waals surface area contributed by atoms with Gasteiger partial charge in [0.15, 0.2) is 23.7 Å². The van der Waals surface area contributed by atoms with Gasteiger partial charge in [-0.25, -0.2) is 9.79 Å². The number of nitrogens with zero attached hydrogens (tertiary/aromatic N) is 3. The molecule has 0 saturated heterocycles. The average molecular weight is 389 g/mol. The number of hydrogen-bond donors (Lipinski definition) is 5. The number of fused-ring (bicyclic) bond motifs is 1. The number of aromatic hydroxyl groups is 2. The van der Waals surface area contributed by atoms with Gasteiger partial charge < -0.3 is 30.9 Å². The molecular weight excluding hydrogens is 370 g/mol. The molecule has 2 aliphatic heterocycles. The predicted molar refractivity (Wildman–Crippen MR) is 97.1 cm³/mol. The number of aliphatic imine (C=N–C) groups is 2. The zero-order chi connectivity index (χ0) is 20.3. The molecule has 0 spiro atoms. The summed E-state index contributed by atoms with van der Waals surface area (Å²) < 4.78 is 0. The normalized spacial score (nSPS) is 21.1. The van der Waals surface area contributed by atoms with Crippen molar-refractivity contribution in [3.8, 4) is 11.5 Å². The van der Waals surface area contributed by atoms with Gasteiger partial charge in [0.05, 0.1) is 12.7 Å². The van der Waals surface area contributed by atoms with E-state index in [9.17, 15) is 29.7 Å². The highest BCUT2D eigenvalue weighted by Gasteiger charge is 2.37. The minimum atomic E-state index is -1.22. The quantitative estimate of drug-likeness (QED) is 0.365. The molecular formula is C17H19N5O6. The molecule has 11 heteroatoms. The number of carboxylic acids is 1. The van der Waals surface area contributed by atoms with Gasteiger partial charge in [-0.05, 0) is 17.7 Å². The van der Waals surface area contributed by atoms with Crippen molar-refractivity contribution in [2.75, 3.05) is 6.54 Å². The molecule has 0 fully saturated rings. The Morgan fingerprint density at radius 3 is 2.75 bits per heavy atom. The van der Waals surface area contributed by atoms with Crippen LogP contribution in [0.3, 0.4) is 0 Å². The Labute approximate surface area is 159 Å². The summed E-state index contributed by atoms with van der Waals surface area (Å²) in [5, 5.41) is 33.1. The van der Waals surface area contributed by atoms with Crippen LogP contribution in [0, 0.1) is 0 Å². The predicted octanol–water partition coefficient (Wildman–Crippen LogP) is -1.20. The highest BCUT2D eigenvalue weighted by molar-refractivity contribution is 5.96. The van der Waals surface area contributed by atoms with E-state index in [2.05, 4.69) is 20.6 Å². The molecule has 2 heterocycles. The number of carbonyl (C=O) groups excluding carboxylic acids is 2. The van der Waals surface area contributed by atoms with Crippen molar-refractivity contribution < 1.29 is 29.7 Å². The molecule has 0 radical (unpaired) electrons. The average Bonchev–Trinajstić information content (AvgIpc) is 3.07. The van der Waals surface area contributed by atoms with Gasteiger partial charge in [-0.15, -0.1) is 0 Å². The summed E-state index contributed by atoms with van der Waals surface area (Å²) in [4.78, 5) is 45.2. The molecule has 3 rings (SSSR count). The first-order valence-electron chi connectivity index (χ1n) is 8.49. The summed E-state index contributed by atoms with van der Waals surface area (Å²) in [6.07, 6.45) is 2.17. The Kier molecular flexibility index (Phi) is 5.43. The smallest absolute Gasteiger partial charge is 0.326 e. The van der Waals surface area contributed by atoms with Crippen molar-refractivity contribution in [3.63, 3.8) is 0 Å². The van der Waals surface area contributed by atoms with Gasteiger partial charge in [0, 0.05) is 19.4 Å². The second-order valence-corrected chi connectivity index (χ2v) is 6.38. The molecule has 2 aliphatic rings. The summed E-state index contributed by atoms with van der Waals surface area (Å²) in [6.45, 7) is 0.216. The molecule has 5 N–H and O–H groups in total. The summed E-state index contributed by atoms with van der Waals surface area (Å²) in [7, 11) is 0. The largest absolute Gasteiger partial charge is 0.504 e. The zero-order valence-electron chi connectivity index (χ0n) is 14.6. The lowest BCUT2D eigenvalue weighted by Gasteiger charge is -2.26. The van der Waals surface area contributed by atoms with Crippen LogP contribution in [0.5, 0.6) is 11.5 Å². The fourth-order valence-electron chi connectivity index (χ4n) is 2.94. The first-order chi connectivity index (χ1) is 13.3. The SMILES string of the molecule is O=C(CCN1C=NC2C(=O)NC=NC21)NC(Cc1ccc(O)c(O)c1)C(=O)O. The van der Waals surface area contributed by atoms with Crippen molar-refractivity contribution in [3.05, 3.63) is 23.8 Å². The number of phenolic OH excluding ortho intramolecular Hbond substituents is 2. The van der Waals surface area contributed by atoms with Gasteiger partial charge in [-0.1, -0.05) is 6.07 Å². The number of carbonyl (C=O) groups is 3. The van der Waals surface area contributed by atoms with Crippen LogP contribution in [0.2, 0.25) is 0 Å². The van der Waals surface area contributed by atoms with Crippen molar-refractivity contribution in [2.45, 2.75) is 31.1 Å². The first-order valence-corrected chi connectivity index (χ1v) is 8.49. The monoisotopic (exact) mass is 389 g/mol. The fraction of sp³-hybridized carbons (Fsp3) is 0.353. The maximum Gasteiger partial charge on any atom is 0.326 e. The lowest BCUT2D eigenvalue weighted by atomic mass is 10.1. The number of rotatable bonds is 7. The highest BCUT2D eigenvalue weighted by Crippen LogP contribution is 2.25. The summed E-state index contributed by atoms with van der Waals surface area (Å²) in [5.41, 5.74) is 0.445. The van der Waals surface area contributed by atoms with Crippen molar-refractivity contribution in [1.29, 1.82) is 0 Å². The molecule has 3 unspecified atom stereocenters. The molecule has 148 valence electrons. The number of aliphatic carboxylic acids is 1. The Hall–Kier alpha value is -3.63. The van der Waals surface area contributed by atoms with Crippen molar-refractivity contribution in [2.24, 2.45) is 9.98 Å². The van der Waals surface area contributed by atoms with Crippen LogP contribution in [-0.4, -0.2) is 75.5 Å². The number of phenols is 2. The van der Waals surface area contributed by atoms with E-state index in [1.807, 2.05) is 0 Å². The Morgan fingerprint density at radius 1 is 1.25 bits per heavy atom. The van der Waals surface area contributed by atoms with Crippen LogP contribution < -0.4 is 10.6 Å². The van der Waals surface area contributed by atoms with Crippen LogP contribution in [0.4, 0.5) is 0 Å².